The minimum Gasteiger partial charge on any atom is -0.488 e. The van der Waals surface area contributed by atoms with E-state index in [0.717, 1.165) is 28.7 Å². The zero-order valence-electron chi connectivity index (χ0n) is 13.7. The average molecular weight is 337 g/mol. The Kier molecular flexibility index (Phi) is 5.46. The summed E-state index contributed by atoms with van der Waals surface area (Å²) in [4.78, 5) is 22.7. The van der Waals surface area contributed by atoms with E-state index in [9.17, 15) is 9.59 Å². The number of carbonyl (C=O) groups is 2. The number of alkyl carbamates (subject to hydrolysis) is 1. The van der Waals surface area contributed by atoms with Crippen LogP contribution >= 0.6 is 0 Å². The third kappa shape index (κ3) is 4.47. The van der Waals surface area contributed by atoms with E-state index in [1.165, 1.54) is 0 Å². The van der Waals surface area contributed by atoms with Gasteiger partial charge in [0.25, 0.3) is 0 Å². The molecule has 2 aromatic rings. The Hall–Kier alpha value is -3.08. The molecule has 2 aromatic carbocycles. The normalized spacial score (nSPS) is 12.4. The van der Waals surface area contributed by atoms with Gasteiger partial charge in [-0.3, -0.25) is 4.79 Å². The highest BCUT2D eigenvalue weighted by Gasteiger charge is 2.14. The third-order valence-corrected chi connectivity index (χ3v) is 3.91. The number of amides is 1. The van der Waals surface area contributed by atoms with Crippen molar-refractivity contribution in [3.05, 3.63) is 70.8 Å². The van der Waals surface area contributed by atoms with Crippen molar-refractivity contribution in [3.8, 4) is 5.75 Å². The maximum Gasteiger partial charge on any atom is 0.407 e. The zero-order chi connectivity index (χ0) is 17.5. The van der Waals surface area contributed by atoms with Crippen molar-refractivity contribution in [2.24, 2.45) is 0 Å². The molecule has 0 spiro atoms. The summed E-state index contributed by atoms with van der Waals surface area (Å²) in [6.07, 6.45) is 2.82. The summed E-state index contributed by atoms with van der Waals surface area (Å²) in [6.45, 7) is 0.977. The Bertz CT molecular complexity index is 784. The fraction of sp³-hybridized carbons (Fsp3) is 0.200. The molecular formula is C20H19NO4. The molecule has 0 saturated heterocycles. The van der Waals surface area contributed by atoms with E-state index in [4.69, 9.17) is 9.47 Å². The number of hydrogen-bond donors (Lipinski definition) is 1. The van der Waals surface area contributed by atoms with Crippen LogP contribution in [0.2, 0.25) is 0 Å². The summed E-state index contributed by atoms with van der Waals surface area (Å²) < 4.78 is 10.8. The Morgan fingerprint density at radius 1 is 1.16 bits per heavy atom. The van der Waals surface area contributed by atoms with Crippen molar-refractivity contribution in [1.82, 2.24) is 5.32 Å². The van der Waals surface area contributed by atoms with Gasteiger partial charge in [0.15, 0.2) is 0 Å². The molecule has 3 rings (SSSR count). The van der Waals surface area contributed by atoms with E-state index in [-0.39, 0.29) is 6.61 Å². The molecular weight excluding hydrogens is 318 g/mol. The van der Waals surface area contributed by atoms with Gasteiger partial charge in [-0.25, -0.2) is 4.79 Å². The predicted molar refractivity (Wildman–Crippen MR) is 94.3 cm³/mol. The predicted octanol–water partition coefficient (Wildman–Crippen LogP) is 3.13. The Morgan fingerprint density at radius 2 is 2.00 bits per heavy atom. The lowest BCUT2D eigenvalue weighted by Crippen LogP contribution is -2.26. The lowest BCUT2D eigenvalue weighted by Gasteiger charge is -2.18. The molecule has 0 radical (unpaired) electrons. The Morgan fingerprint density at radius 3 is 2.80 bits per heavy atom. The molecule has 0 unspecified atom stereocenters. The zero-order valence-corrected chi connectivity index (χ0v) is 13.7. The molecule has 128 valence electrons. The maximum atomic E-state index is 11.8. The Balaban J connectivity index is 1.52. The van der Waals surface area contributed by atoms with E-state index in [0.29, 0.717) is 25.1 Å². The molecule has 0 aromatic heterocycles. The van der Waals surface area contributed by atoms with Crippen molar-refractivity contribution in [3.63, 3.8) is 0 Å². The van der Waals surface area contributed by atoms with Gasteiger partial charge in [-0.05, 0) is 29.7 Å². The molecule has 0 fully saturated rings. The van der Waals surface area contributed by atoms with Crippen molar-refractivity contribution in [2.75, 3.05) is 13.2 Å². The van der Waals surface area contributed by atoms with Crippen molar-refractivity contribution in [2.45, 2.75) is 13.0 Å². The van der Waals surface area contributed by atoms with E-state index in [1.54, 1.807) is 0 Å². The van der Waals surface area contributed by atoms with Crippen molar-refractivity contribution in [1.29, 1.82) is 0 Å². The average Bonchev–Trinajstić information content (AvgIpc) is 2.67. The van der Waals surface area contributed by atoms with E-state index >= 15 is 0 Å². The van der Waals surface area contributed by atoms with Crippen LogP contribution in [0.5, 0.6) is 5.75 Å². The number of fused-ring (bicyclic) bond motifs is 1. The van der Waals surface area contributed by atoms with Crippen LogP contribution in [0.1, 0.15) is 16.7 Å². The molecule has 1 aliphatic rings. The first kappa shape index (κ1) is 16.8. The molecule has 0 atom stereocenters. The molecule has 1 heterocycles. The number of aldehydes is 1. The summed E-state index contributed by atoms with van der Waals surface area (Å²) in [5.74, 6) is 0.759. The lowest BCUT2D eigenvalue weighted by molar-refractivity contribution is -0.105. The standard InChI is InChI=1S/C20H19NO4/c22-12-16-11-18-17(7-4-8-19(18)24-14-16)9-10-21-20(23)25-13-15-5-2-1-3-6-15/h1-8,11-12H,9-10,13-14H2,(H,21,23). The molecule has 0 aliphatic carbocycles. The van der Waals surface area contributed by atoms with Crippen LogP contribution in [0.25, 0.3) is 6.08 Å². The van der Waals surface area contributed by atoms with Gasteiger partial charge in [0.2, 0.25) is 0 Å². The van der Waals surface area contributed by atoms with Crippen LogP contribution < -0.4 is 10.1 Å². The highest BCUT2D eigenvalue weighted by atomic mass is 16.5. The van der Waals surface area contributed by atoms with Gasteiger partial charge in [0, 0.05) is 17.7 Å². The lowest BCUT2D eigenvalue weighted by atomic mass is 9.99. The first-order chi connectivity index (χ1) is 12.3. The molecule has 1 amide bonds. The highest BCUT2D eigenvalue weighted by molar-refractivity contribution is 5.85. The molecule has 25 heavy (non-hydrogen) atoms. The topological polar surface area (TPSA) is 64.6 Å². The summed E-state index contributed by atoms with van der Waals surface area (Å²) in [7, 11) is 0. The maximum absolute atomic E-state index is 11.8. The van der Waals surface area contributed by atoms with Crippen LogP contribution in [0.3, 0.4) is 0 Å². The molecule has 5 heteroatoms. The van der Waals surface area contributed by atoms with Gasteiger partial charge in [0.05, 0.1) is 0 Å². The quantitative estimate of drug-likeness (QED) is 0.823. The number of rotatable bonds is 6. The van der Waals surface area contributed by atoms with Gasteiger partial charge in [0.1, 0.15) is 25.2 Å². The molecule has 1 aliphatic heterocycles. The monoisotopic (exact) mass is 337 g/mol. The first-order valence-electron chi connectivity index (χ1n) is 8.11. The van der Waals surface area contributed by atoms with Gasteiger partial charge in [-0.15, -0.1) is 0 Å². The van der Waals surface area contributed by atoms with Crippen molar-refractivity contribution < 1.29 is 19.1 Å². The summed E-state index contributed by atoms with van der Waals surface area (Å²) in [5, 5.41) is 2.74. The fourth-order valence-corrected chi connectivity index (χ4v) is 2.63. The smallest absolute Gasteiger partial charge is 0.407 e. The molecule has 1 N–H and O–H groups in total. The minimum absolute atomic E-state index is 0.243. The largest absolute Gasteiger partial charge is 0.488 e. The van der Waals surface area contributed by atoms with Crippen LogP contribution in [-0.4, -0.2) is 25.5 Å². The van der Waals surface area contributed by atoms with Gasteiger partial charge < -0.3 is 14.8 Å². The fourth-order valence-electron chi connectivity index (χ4n) is 2.63. The van der Waals surface area contributed by atoms with E-state index in [2.05, 4.69) is 5.32 Å². The summed E-state index contributed by atoms with van der Waals surface area (Å²) >= 11 is 0. The van der Waals surface area contributed by atoms with Crippen molar-refractivity contribution >= 4 is 18.5 Å². The van der Waals surface area contributed by atoms with Crippen LogP contribution in [0, 0.1) is 0 Å². The van der Waals surface area contributed by atoms with E-state index < -0.39 is 6.09 Å². The van der Waals surface area contributed by atoms with Gasteiger partial charge in [-0.1, -0.05) is 42.5 Å². The molecule has 0 bridgehead atoms. The van der Waals surface area contributed by atoms with Crippen LogP contribution in [0.4, 0.5) is 4.79 Å². The SMILES string of the molecule is O=CC1=Cc2c(CCNC(=O)OCc3ccccc3)cccc2OC1. The number of carbonyl (C=O) groups excluding carboxylic acids is 2. The first-order valence-corrected chi connectivity index (χ1v) is 8.11. The third-order valence-electron chi connectivity index (χ3n) is 3.91. The van der Waals surface area contributed by atoms with Gasteiger partial charge >= 0.3 is 6.09 Å². The van der Waals surface area contributed by atoms with Gasteiger partial charge in [-0.2, -0.15) is 0 Å². The molecule has 5 nitrogen and oxygen atoms in total. The summed E-state index contributed by atoms with van der Waals surface area (Å²) in [6, 6.07) is 15.3. The minimum atomic E-state index is -0.450. The van der Waals surface area contributed by atoms with E-state index in [1.807, 2.05) is 54.6 Å². The number of ether oxygens (including phenoxy) is 2. The second kappa shape index (κ2) is 8.15. The molecule has 0 saturated carbocycles. The second-order valence-electron chi connectivity index (χ2n) is 5.69. The number of benzene rings is 2. The summed E-state index contributed by atoms with van der Waals surface area (Å²) in [5.41, 5.74) is 3.46. The number of nitrogens with one attached hydrogen (secondary N) is 1. The van der Waals surface area contributed by atoms with Crippen LogP contribution in [0.15, 0.2) is 54.1 Å². The Labute approximate surface area is 146 Å². The second-order valence-corrected chi connectivity index (χ2v) is 5.69. The highest BCUT2D eigenvalue weighted by Crippen LogP contribution is 2.29. The number of hydrogen-bond acceptors (Lipinski definition) is 4. The van der Waals surface area contributed by atoms with Crippen LogP contribution in [-0.2, 0) is 22.6 Å².